The molecule has 0 aliphatic rings. The van der Waals surface area contributed by atoms with E-state index < -0.39 is 0 Å². The monoisotopic (exact) mass is 301 g/mol. The minimum absolute atomic E-state index is 0.120. The molecule has 17 heavy (non-hydrogen) atoms. The average molecular weight is 302 g/mol. The molecule has 0 spiro atoms. The Kier molecular flexibility index (Phi) is 4.89. The molecule has 0 aromatic heterocycles. The molecule has 0 radical (unpaired) electrons. The molecule has 5 nitrogen and oxygen atoms in total. The standard InChI is InChI=1S/C11H16BrN3O2/c1-7-5-10(14-4-3-8(2)13)9(12)6-11(7)15(16)17/h5-6,8,14H,3-4,13H2,1-2H3. The molecule has 1 aromatic rings. The van der Waals surface area contributed by atoms with E-state index >= 15 is 0 Å². The number of nitrogens with zero attached hydrogens (tertiary/aromatic N) is 1. The number of anilines is 1. The van der Waals surface area contributed by atoms with Gasteiger partial charge in [0.1, 0.15) is 0 Å². The molecule has 0 fully saturated rings. The molecule has 0 aliphatic carbocycles. The molecule has 1 rings (SSSR count). The van der Waals surface area contributed by atoms with Crippen molar-refractivity contribution in [3.63, 3.8) is 0 Å². The first-order valence-electron chi connectivity index (χ1n) is 5.35. The van der Waals surface area contributed by atoms with Gasteiger partial charge in [-0.1, -0.05) is 0 Å². The number of halogens is 1. The Morgan fingerprint density at radius 2 is 2.24 bits per heavy atom. The van der Waals surface area contributed by atoms with Crippen LogP contribution in [0.5, 0.6) is 0 Å². The second-order valence-corrected chi connectivity index (χ2v) is 4.92. The highest BCUT2D eigenvalue weighted by Crippen LogP contribution is 2.30. The van der Waals surface area contributed by atoms with Gasteiger partial charge in [-0.15, -0.1) is 0 Å². The van der Waals surface area contributed by atoms with E-state index in [1.54, 1.807) is 13.0 Å². The molecular formula is C11H16BrN3O2. The van der Waals surface area contributed by atoms with Crippen LogP contribution in [0.15, 0.2) is 16.6 Å². The molecule has 94 valence electrons. The number of nitro benzene ring substituents is 1. The van der Waals surface area contributed by atoms with Crippen LogP contribution in [0.4, 0.5) is 11.4 Å². The van der Waals surface area contributed by atoms with Crippen molar-refractivity contribution in [3.05, 3.63) is 32.3 Å². The highest BCUT2D eigenvalue weighted by molar-refractivity contribution is 9.10. The number of nitrogens with two attached hydrogens (primary N) is 1. The van der Waals surface area contributed by atoms with Crippen LogP contribution in [0, 0.1) is 17.0 Å². The molecule has 0 amide bonds. The van der Waals surface area contributed by atoms with Gasteiger partial charge in [-0.25, -0.2) is 0 Å². The summed E-state index contributed by atoms with van der Waals surface area (Å²) in [4.78, 5) is 10.4. The van der Waals surface area contributed by atoms with Gasteiger partial charge in [0.25, 0.3) is 5.69 Å². The third-order valence-corrected chi connectivity index (χ3v) is 3.05. The van der Waals surface area contributed by atoms with E-state index in [9.17, 15) is 10.1 Å². The summed E-state index contributed by atoms with van der Waals surface area (Å²) >= 11 is 3.32. The minimum Gasteiger partial charge on any atom is -0.384 e. The van der Waals surface area contributed by atoms with Crippen LogP contribution >= 0.6 is 15.9 Å². The topological polar surface area (TPSA) is 81.2 Å². The fourth-order valence-corrected chi connectivity index (χ4v) is 1.91. The van der Waals surface area contributed by atoms with E-state index in [-0.39, 0.29) is 16.7 Å². The molecule has 1 aromatic carbocycles. The average Bonchev–Trinajstić information content (AvgIpc) is 2.21. The highest BCUT2D eigenvalue weighted by atomic mass is 79.9. The van der Waals surface area contributed by atoms with E-state index in [2.05, 4.69) is 21.2 Å². The highest BCUT2D eigenvalue weighted by Gasteiger charge is 2.13. The summed E-state index contributed by atoms with van der Waals surface area (Å²) < 4.78 is 0.694. The van der Waals surface area contributed by atoms with Gasteiger partial charge in [-0.2, -0.15) is 0 Å². The Morgan fingerprint density at radius 1 is 1.59 bits per heavy atom. The molecule has 3 N–H and O–H groups in total. The van der Waals surface area contributed by atoms with Gasteiger partial charge in [0.2, 0.25) is 0 Å². The number of nitrogens with one attached hydrogen (secondary N) is 1. The molecule has 6 heteroatoms. The molecule has 0 heterocycles. The maximum absolute atomic E-state index is 10.7. The Labute approximate surface area is 109 Å². The second-order valence-electron chi connectivity index (χ2n) is 4.07. The number of rotatable bonds is 5. The van der Waals surface area contributed by atoms with Crippen molar-refractivity contribution in [3.8, 4) is 0 Å². The van der Waals surface area contributed by atoms with Gasteiger partial charge in [0, 0.05) is 34.4 Å². The summed E-state index contributed by atoms with van der Waals surface area (Å²) in [5, 5.41) is 13.9. The Hall–Kier alpha value is -1.14. The van der Waals surface area contributed by atoms with Gasteiger partial charge >= 0.3 is 0 Å². The summed E-state index contributed by atoms with van der Waals surface area (Å²) in [5.41, 5.74) is 7.26. The predicted octanol–water partition coefficient (Wildman–Crippen LogP) is 2.81. The van der Waals surface area contributed by atoms with Crippen LogP contribution < -0.4 is 11.1 Å². The summed E-state index contributed by atoms with van der Waals surface area (Å²) in [7, 11) is 0. The fraction of sp³-hybridized carbons (Fsp3) is 0.455. The molecule has 0 aliphatic heterocycles. The SMILES string of the molecule is Cc1cc(NCCC(C)N)c(Br)cc1[N+](=O)[O-]. The largest absolute Gasteiger partial charge is 0.384 e. The van der Waals surface area contributed by atoms with Crippen molar-refractivity contribution in [2.75, 3.05) is 11.9 Å². The number of benzene rings is 1. The molecule has 0 saturated carbocycles. The first-order valence-corrected chi connectivity index (χ1v) is 6.15. The van der Waals surface area contributed by atoms with E-state index in [4.69, 9.17) is 5.73 Å². The summed E-state index contributed by atoms with van der Waals surface area (Å²) in [6.45, 7) is 4.41. The normalized spacial score (nSPS) is 12.2. The number of hydrogen-bond acceptors (Lipinski definition) is 4. The van der Waals surface area contributed by atoms with Gasteiger partial charge in [-0.05, 0) is 42.3 Å². The van der Waals surface area contributed by atoms with Gasteiger partial charge in [0.05, 0.1) is 4.92 Å². The van der Waals surface area contributed by atoms with Crippen molar-refractivity contribution in [1.29, 1.82) is 0 Å². The van der Waals surface area contributed by atoms with E-state index in [1.165, 1.54) is 6.07 Å². The van der Waals surface area contributed by atoms with E-state index in [1.807, 2.05) is 6.92 Å². The lowest BCUT2D eigenvalue weighted by Gasteiger charge is -2.11. The van der Waals surface area contributed by atoms with Crippen LogP contribution in [0.3, 0.4) is 0 Å². The maximum Gasteiger partial charge on any atom is 0.273 e. The van der Waals surface area contributed by atoms with Crippen LogP contribution in [0.1, 0.15) is 18.9 Å². The Bertz CT molecular complexity index is 421. The summed E-state index contributed by atoms with van der Waals surface area (Å²) in [5.74, 6) is 0. The Balaban J connectivity index is 2.81. The molecule has 0 saturated heterocycles. The zero-order valence-electron chi connectivity index (χ0n) is 9.87. The lowest BCUT2D eigenvalue weighted by atomic mass is 10.1. The van der Waals surface area contributed by atoms with Crippen molar-refractivity contribution in [2.24, 2.45) is 5.73 Å². The van der Waals surface area contributed by atoms with Crippen LogP contribution in [-0.2, 0) is 0 Å². The second kappa shape index (κ2) is 5.97. The van der Waals surface area contributed by atoms with Gasteiger partial charge in [0.15, 0.2) is 0 Å². The third-order valence-electron chi connectivity index (χ3n) is 2.40. The molecule has 0 bridgehead atoms. The van der Waals surface area contributed by atoms with Crippen molar-refractivity contribution in [2.45, 2.75) is 26.3 Å². The van der Waals surface area contributed by atoms with Crippen LogP contribution in [0.2, 0.25) is 0 Å². The number of aryl methyl sites for hydroxylation is 1. The Morgan fingerprint density at radius 3 is 2.76 bits per heavy atom. The lowest BCUT2D eigenvalue weighted by molar-refractivity contribution is -0.385. The van der Waals surface area contributed by atoms with E-state index in [0.717, 1.165) is 18.7 Å². The summed E-state index contributed by atoms with van der Waals surface area (Å²) in [6, 6.07) is 3.42. The van der Waals surface area contributed by atoms with Gasteiger partial charge < -0.3 is 11.1 Å². The first kappa shape index (κ1) is 13.9. The third kappa shape index (κ3) is 3.98. The summed E-state index contributed by atoms with van der Waals surface area (Å²) in [6.07, 6.45) is 0.850. The van der Waals surface area contributed by atoms with Crippen LogP contribution in [0.25, 0.3) is 0 Å². The smallest absolute Gasteiger partial charge is 0.273 e. The zero-order valence-corrected chi connectivity index (χ0v) is 11.5. The van der Waals surface area contributed by atoms with Gasteiger partial charge in [-0.3, -0.25) is 10.1 Å². The minimum atomic E-state index is -0.383. The van der Waals surface area contributed by atoms with Crippen LogP contribution in [-0.4, -0.2) is 17.5 Å². The first-order chi connectivity index (χ1) is 7.91. The quantitative estimate of drug-likeness (QED) is 0.647. The molecule has 1 unspecified atom stereocenters. The van der Waals surface area contributed by atoms with Crippen molar-refractivity contribution < 1.29 is 4.92 Å². The lowest BCUT2D eigenvalue weighted by Crippen LogP contribution is -2.19. The zero-order chi connectivity index (χ0) is 13.0. The predicted molar refractivity (Wildman–Crippen MR) is 72.3 cm³/mol. The molecule has 1 atom stereocenters. The van der Waals surface area contributed by atoms with Crippen molar-refractivity contribution in [1.82, 2.24) is 0 Å². The fourth-order valence-electron chi connectivity index (χ4n) is 1.44. The number of nitro groups is 1. The maximum atomic E-state index is 10.7. The number of hydrogen-bond donors (Lipinski definition) is 2. The molecular weight excluding hydrogens is 286 g/mol. The van der Waals surface area contributed by atoms with E-state index in [0.29, 0.717) is 10.0 Å². The van der Waals surface area contributed by atoms with Crippen molar-refractivity contribution >= 4 is 27.3 Å².